The molecular formula is C19H28N2. The second-order valence-electron chi connectivity index (χ2n) is 6.93. The van der Waals surface area contributed by atoms with Crippen LogP contribution in [0.15, 0.2) is 41.4 Å². The van der Waals surface area contributed by atoms with Crippen LogP contribution in [-0.4, -0.2) is 17.4 Å². The number of aliphatic imine (C=N–C) groups is 1. The van der Waals surface area contributed by atoms with E-state index < -0.39 is 0 Å². The summed E-state index contributed by atoms with van der Waals surface area (Å²) in [6.45, 7) is 6.54. The van der Waals surface area contributed by atoms with Crippen LogP contribution >= 0.6 is 0 Å². The summed E-state index contributed by atoms with van der Waals surface area (Å²) < 4.78 is 0. The molecule has 1 saturated carbocycles. The molecule has 0 atom stereocenters. The van der Waals surface area contributed by atoms with Gasteiger partial charge in [0.1, 0.15) is 5.84 Å². The van der Waals surface area contributed by atoms with E-state index in [-0.39, 0.29) is 5.54 Å². The summed E-state index contributed by atoms with van der Waals surface area (Å²) in [7, 11) is 0. The van der Waals surface area contributed by atoms with Crippen molar-refractivity contribution in [3.05, 3.63) is 42.0 Å². The average Bonchev–Trinajstić information content (AvgIpc) is 2.45. The molecule has 1 aromatic carbocycles. The summed E-state index contributed by atoms with van der Waals surface area (Å²) in [5.41, 5.74) is 1.25. The van der Waals surface area contributed by atoms with Gasteiger partial charge in [0.2, 0.25) is 0 Å². The van der Waals surface area contributed by atoms with Crippen molar-refractivity contribution in [1.82, 2.24) is 5.32 Å². The summed E-state index contributed by atoms with van der Waals surface area (Å²) in [5, 5.41) is 3.54. The molecule has 0 spiro atoms. The number of nitrogens with one attached hydrogen (secondary N) is 1. The molecule has 0 aromatic heterocycles. The van der Waals surface area contributed by atoms with E-state index in [1.165, 1.54) is 37.7 Å². The maximum absolute atomic E-state index is 4.95. The van der Waals surface area contributed by atoms with E-state index in [1.54, 1.807) is 0 Å². The second-order valence-corrected chi connectivity index (χ2v) is 6.93. The predicted molar refractivity (Wildman–Crippen MR) is 92.7 cm³/mol. The highest BCUT2D eigenvalue weighted by atomic mass is 15.0. The topological polar surface area (TPSA) is 24.4 Å². The van der Waals surface area contributed by atoms with E-state index in [9.17, 15) is 0 Å². The third kappa shape index (κ3) is 6.16. The Bertz CT molecular complexity index is 474. The fraction of sp³-hybridized carbons (Fsp3) is 0.526. The van der Waals surface area contributed by atoms with Crippen LogP contribution in [0.2, 0.25) is 0 Å². The first kappa shape index (κ1) is 15.8. The molecule has 1 aromatic rings. The van der Waals surface area contributed by atoms with Crippen molar-refractivity contribution in [3.8, 4) is 0 Å². The van der Waals surface area contributed by atoms with E-state index in [1.807, 2.05) is 6.07 Å². The Morgan fingerprint density at radius 2 is 1.76 bits per heavy atom. The van der Waals surface area contributed by atoms with Crippen LogP contribution in [0.1, 0.15) is 58.4 Å². The molecule has 2 heteroatoms. The van der Waals surface area contributed by atoms with E-state index in [0.717, 1.165) is 5.84 Å². The van der Waals surface area contributed by atoms with Crippen LogP contribution in [-0.2, 0) is 0 Å². The second kappa shape index (κ2) is 7.44. The Balaban J connectivity index is 2.11. The van der Waals surface area contributed by atoms with Gasteiger partial charge in [-0.2, -0.15) is 0 Å². The molecule has 1 aliphatic carbocycles. The van der Waals surface area contributed by atoms with Crippen LogP contribution in [0, 0.1) is 0 Å². The fourth-order valence-corrected chi connectivity index (χ4v) is 2.65. The number of rotatable bonds is 3. The Kier molecular flexibility index (Phi) is 5.60. The number of hydrogen-bond acceptors (Lipinski definition) is 1. The molecule has 114 valence electrons. The molecule has 1 fully saturated rings. The summed E-state index contributed by atoms with van der Waals surface area (Å²) >= 11 is 0. The Labute approximate surface area is 129 Å². The molecular weight excluding hydrogens is 256 g/mol. The maximum atomic E-state index is 4.95. The zero-order chi connectivity index (χ0) is 15.1. The Morgan fingerprint density at radius 1 is 1.10 bits per heavy atom. The first-order valence-electron chi connectivity index (χ1n) is 8.12. The number of benzene rings is 1. The molecule has 0 amide bonds. The van der Waals surface area contributed by atoms with Crippen molar-refractivity contribution in [2.75, 3.05) is 0 Å². The lowest BCUT2D eigenvalue weighted by molar-refractivity contribution is 0.439. The highest BCUT2D eigenvalue weighted by Crippen LogP contribution is 2.20. The largest absolute Gasteiger partial charge is 0.366 e. The lowest BCUT2D eigenvalue weighted by atomic mass is 9.96. The van der Waals surface area contributed by atoms with E-state index in [2.05, 4.69) is 62.5 Å². The lowest BCUT2D eigenvalue weighted by Crippen LogP contribution is -2.40. The van der Waals surface area contributed by atoms with Crippen molar-refractivity contribution in [3.63, 3.8) is 0 Å². The smallest absolute Gasteiger partial charge is 0.121 e. The third-order valence-corrected chi connectivity index (χ3v) is 3.63. The van der Waals surface area contributed by atoms with Crippen LogP contribution in [0.5, 0.6) is 0 Å². The molecule has 0 heterocycles. The molecule has 2 nitrogen and oxygen atoms in total. The predicted octanol–water partition coefficient (Wildman–Crippen LogP) is 4.82. The van der Waals surface area contributed by atoms with Crippen molar-refractivity contribution in [2.45, 2.75) is 64.5 Å². The highest BCUT2D eigenvalue weighted by molar-refractivity contribution is 5.97. The van der Waals surface area contributed by atoms with E-state index in [0.29, 0.717) is 6.04 Å². The lowest BCUT2D eigenvalue weighted by Gasteiger charge is -2.24. The molecule has 2 rings (SSSR count). The maximum Gasteiger partial charge on any atom is 0.121 e. The summed E-state index contributed by atoms with van der Waals surface area (Å²) in [5.74, 6) is 1.01. The van der Waals surface area contributed by atoms with Crippen molar-refractivity contribution in [1.29, 1.82) is 0 Å². The standard InChI is InChI=1S/C19H28N2/c1-19(2,3)21-18(20-17-12-8-5-9-13-17)15-14-16-10-6-4-7-11-16/h4,6-7,10-11,14-15,17H,5,8-9,12-13H2,1-3H3,(H,20,21)/b15-14+. The number of hydrogen-bond donors (Lipinski definition) is 1. The summed E-state index contributed by atoms with van der Waals surface area (Å²) in [4.78, 5) is 4.95. The van der Waals surface area contributed by atoms with Crippen LogP contribution in [0.4, 0.5) is 0 Å². The van der Waals surface area contributed by atoms with Gasteiger partial charge in [-0.15, -0.1) is 0 Å². The minimum atomic E-state index is 0.0362. The van der Waals surface area contributed by atoms with Gasteiger partial charge in [-0.1, -0.05) is 55.7 Å². The van der Waals surface area contributed by atoms with Gasteiger partial charge in [-0.3, -0.25) is 4.99 Å². The van der Waals surface area contributed by atoms with Crippen molar-refractivity contribution < 1.29 is 0 Å². The van der Waals surface area contributed by atoms with E-state index in [4.69, 9.17) is 4.99 Å². The molecule has 1 aliphatic rings. The Morgan fingerprint density at radius 3 is 2.38 bits per heavy atom. The van der Waals surface area contributed by atoms with Gasteiger partial charge in [-0.25, -0.2) is 0 Å². The van der Waals surface area contributed by atoms with Gasteiger partial charge in [0, 0.05) is 5.54 Å². The SMILES string of the molecule is CC(C)(C)NC(/C=C/c1ccccc1)=NC1CCCCC1. The number of amidine groups is 1. The quantitative estimate of drug-likeness (QED) is 0.624. The van der Waals surface area contributed by atoms with Crippen LogP contribution in [0.3, 0.4) is 0 Å². The zero-order valence-corrected chi connectivity index (χ0v) is 13.6. The van der Waals surface area contributed by atoms with Crippen LogP contribution < -0.4 is 5.32 Å². The zero-order valence-electron chi connectivity index (χ0n) is 13.6. The van der Waals surface area contributed by atoms with Gasteiger partial charge in [0.25, 0.3) is 0 Å². The molecule has 0 radical (unpaired) electrons. The molecule has 0 bridgehead atoms. The van der Waals surface area contributed by atoms with Gasteiger partial charge in [0.15, 0.2) is 0 Å². The fourth-order valence-electron chi connectivity index (χ4n) is 2.65. The van der Waals surface area contributed by atoms with Gasteiger partial charge >= 0.3 is 0 Å². The molecule has 0 saturated heterocycles. The molecule has 1 N–H and O–H groups in total. The van der Waals surface area contributed by atoms with Crippen molar-refractivity contribution >= 4 is 11.9 Å². The van der Waals surface area contributed by atoms with Gasteiger partial charge in [0.05, 0.1) is 6.04 Å². The van der Waals surface area contributed by atoms with E-state index >= 15 is 0 Å². The molecule has 21 heavy (non-hydrogen) atoms. The van der Waals surface area contributed by atoms with Gasteiger partial charge < -0.3 is 5.32 Å². The monoisotopic (exact) mass is 284 g/mol. The highest BCUT2D eigenvalue weighted by Gasteiger charge is 2.15. The minimum Gasteiger partial charge on any atom is -0.366 e. The van der Waals surface area contributed by atoms with Gasteiger partial charge in [-0.05, 0) is 45.3 Å². The number of nitrogens with zero attached hydrogens (tertiary/aromatic N) is 1. The average molecular weight is 284 g/mol. The Hall–Kier alpha value is -1.57. The van der Waals surface area contributed by atoms with Crippen LogP contribution in [0.25, 0.3) is 6.08 Å². The summed E-state index contributed by atoms with van der Waals surface area (Å²) in [6, 6.07) is 10.9. The normalized spacial score (nSPS) is 18.1. The summed E-state index contributed by atoms with van der Waals surface area (Å²) in [6.07, 6.45) is 10.7. The minimum absolute atomic E-state index is 0.0362. The molecule has 0 aliphatic heterocycles. The third-order valence-electron chi connectivity index (χ3n) is 3.63. The van der Waals surface area contributed by atoms with Crippen molar-refractivity contribution in [2.24, 2.45) is 4.99 Å². The first-order chi connectivity index (χ1) is 10.0. The first-order valence-corrected chi connectivity index (χ1v) is 8.12. The molecule has 0 unspecified atom stereocenters.